The maximum Gasteiger partial charge on any atom is 0.387 e. The molecule has 0 saturated carbocycles. The van der Waals surface area contributed by atoms with Crippen LogP contribution in [-0.2, 0) is 0 Å². The van der Waals surface area contributed by atoms with Gasteiger partial charge in [-0.1, -0.05) is 60.7 Å². The number of halogens is 2. The first-order chi connectivity index (χ1) is 12.6. The van der Waals surface area contributed by atoms with E-state index in [-0.39, 0.29) is 11.7 Å². The molecule has 1 unspecified atom stereocenters. The fourth-order valence-electron chi connectivity index (χ4n) is 2.65. The van der Waals surface area contributed by atoms with Gasteiger partial charge >= 0.3 is 6.61 Å². The predicted molar refractivity (Wildman–Crippen MR) is 95.3 cm³/mol. The van der Waals surface area contributed by atoms with E-state index in [1.165, 1.54) is 12.1 Å². The zero-order valence-electron chi connectivity index (χ0n) is 13.8. The van der Waals surface area contributed by atoms with E-state index in [2.05, 4.69) is 10.1 Å². The molecule has 0 bridgehead atoms. The highest BCUT2D eigenvalue weighted by atomic mass is 19.3. The topological polar surface area (TPSA) is 38.3 Å². The van der Waals surface area contributed by atoms with E-state index in [1.54, 1.807) is 36.4 Å². The summed E-state index contributed by atoms with van der Waals surface area (Å²) >= 11 is 0. The second-order valence-corrected chi connectivity index (χ2v) is 5.63. The Morgan fingerprint density at radius 2 is 1.31 bits per heavy atom. The molecule has 0 spiro atoms. The summed E-state index contributed by atoms with van der Waals surface area (Å²) in [6.07, 6.45) is 0. The number of ether oxygens (including phenoxy) is 1. The van der Waals surface area contributed by atoms with Crippen molar-refractivity contribution in [3.05, 3.63) is 102 Å². The molecule has 1 amide bonds. The smallest absolute Gasteiger partial charge is 0.387 e. The molecule has 0 aliphatic carbocycles. The van der Waals surface area contributed by atoms with Gasteiger partial charge < -0.3 is 10.1 Å². The monoisotopic (exact) mass is 353 g/mol. The van der Waals surface area contributed by atoms with Gasteiger partial charge in [0.15, 0.2) is 0 Å². The molecule has 5 heteroatoms. The Kier molecular flexibility index (Phi) is 5.59. The molecule has 0 aromatic heterocycles. The zero-order valence-corrected chi connectivity index (χ0v) is 13.8. The van der Waals surface area contributed by atoms with Crippen molar-refractivity contribution in [3.8, 4) is 5.75 Å². The average Bonchev–Trinajstić information content (AvgIpc) is 2.67. The fraction of sp³-hybridized carbons (Fsp3) is 0.0952. The average molecular weight is 353 g/mol. The van der Waals surface area contributed by atoms with Gasteiger partial charge in [0.2, 0.25) is 0 Å². The predicted octanol–water partition coefficient (Wildman–Crippen LogP) is 4.81. The molecule has 0 radical (unpaired) electrons. The molecule has 1 N–H and O–H groups in total. The van der Waals surface area contributed by atoms with Crippen molar-refractivity contribution in [2.45, 2.75) is 12.7 Å². The van der Waals surface area contributed by atoms with Gasteiger partial charge in [-0.2, -0.15) is 8.78 Å². The van der Waals surface area contributed by atoms with E-state index < -0.39 is 12.7 Å². The van der Waals surface area contributed by atoms with Crippen LogP contribution >= 0.6 is 0 Å². The van der Waals surface area contributed by atoms with Crippen LogP contribution in [0.4, 0.5) is 8.78 Å². The summed E-state index contributed by atoms with van der Waals surface area (Å²) in [5.74, 6) is -0.141. The minimum absolute atomic E-state index is 0.0740. The number of amides is 1. The first-order valence-electron chi connectivity index (χ1n) is 8.09. The summed E-state index contributed by atoms with van der Waals surface area (Å²) in [5, 5.41) is 3.00. The van der Waals surface area contributed by atoms with Crippen LogP contribution in [-0.4, -0.2) is 12.5 Å². The lowest BCUT2D eigenvalue weighted by atomic mass is 9.98. The summed E-state index contributed by atoms with van der Waals surface area (Å²) in [4.78, 5) is 12.6. The molecule has 0 aliphatic heterocycles. The Bertz CT molecular complexity index is 837. The summed E-state index contributed by atoms with van der Waals surface area (Å²) < 4.78 is 29.0. The first-order valence-corrected chi connectivity index (χ1v) is 8.09. The van der Waals surface area contributed by atoms with Crippen molar-refractivity contribution in [2.75, 3.05) is 0 Å². The van der Waals surface area contributed by atoms with E-state index in [1.807, 2.05) is 36.4 Å². The molecule has 132 valence electrons. The maximum atomic E-state index is 12.6. The molecule has 3 rings (SSSR count). The Labute approximate surface area is 150 Å². The number of hydrogen-bond acceptors (Lipinski definition) is 2. The van der Waals surface area contributed by atoms with Gasteiger partial charge in [-0.3, -0.25) is 4.79 Å². The third kappa shape index (κ3) is 4.45. The minimum atomic E-state index is -2.87. The van der Waals surface area contributed by atoms with Crippen LogP contribution in [0.25, 0.3) is 0 Å². The van der Waals surface area contributed by atoms with Crippen LogP contribution in [0.15, 0.2) is 84.9 Å². The number of carbonyl (C=O) groups is 1. The van der Waals surface area contributed by atoms with Crippen LogP contribution in [0.5, 0.6) is 5.75 Å². The van der Waals surface area contributed by atoms with Gasteiger partial charge in [0.05, 0.1) is 6.04 Å². The summed E-state index contributed by atoms with van der Waals surface area (Å²) in [7, 11) is 0. The van der Waals surface area contributed by atoms with E-state index in [9.17, 15) is 13.6 Å². The lowest BCUT2D eigenvalue weighted by Gasteiger charge is -2.20. The van der Waals surface area contributed by atoms with Crippen LogP contribution in [0.3, 0.4) is 0 Å². The normalized spacial score (nSPS) is 11.8. The largest absolute Gasteiger partial charge is 0.435 e. The van der Waals surface area contributed by atoms with Gasteiger partial charge in [0.1, 0.15) is 5.75 Å². The van der Waals surface area contributed by atoms with E-state index in [0.29, 0.717) is 5.56 Å². The standard InChI is InChI=1S/C21H17F2NO2/c22-21(23)26-18-13-11-16(12-14-18)19(15-7-3-1-4-8-15)24-20(25)17-9-5-2-6-10-17/h1-14,19,21H,(H,24,25). The van der Waals surface area contributed by atoms with Crippen LogP contribution < -0.4 is 10.1 Å². The van der Waals surface area contributed by atoms with E-state index in [4.69, 9.17) is 0 Å². The number of nitrogens with one attached hydrogen (secondary N) is 1. The van der Waals surface area contributed by atoms with Gasteiger partial charge in [-0.05, 0) is 35.4 Å². The van der Waals surface area contributed by atoms with Crippen LogP contribution in [0.1, 0.15) is 27.5 Å². The molecule has 3 nitrogen and oxygen atoms in total. The van der Waals surface area contributed by atoms with Gasteiger partial charge in [-0.25, -0.2) is 0 Å². The Balaban J connectivity index is 1.88. The van der Waals surface area contributed by atoms with Gasteiger partial charge in [-0.15, -0.1) is 0 Å². The maximum absolute atomic E-state index is 12.6. The summed E-state index contributed by atoms with van der Waals surface area (Å²) in [6, 6.07) is 24.2. The second-order valence-electron chi connectivity index (χ2n) is 5.63. The highest BCUT2D eigenvalue weighted by molar-refractivity contribution is 5.94. The van der Waals surface area contributed by atoms with E-state index >= 15 is 0 Å². The Morgan fingerprint density at radius 3 is 1.88 bits per heavy atom. The van der Waals surface area contributed by atoms with Crippen molar-refractivity contribution in [1.29, 1.82) is 0 Å². The molecule has 0 heterocycles. The van der Waals surface area contributed by atoms with Gasteiger partial charge in [0, 0.05) is 5.56 Å². The molecular formula is C21H17F2NO2. The number of alkyl halides is 2. The van der Waals surface area contributed by atoms with Crippen molar-refractivity contribution < 1.29 is 18.3 Å². The van der Waals surface area contributed by atoms with Gasteiger partial charge in [0.25, 0.3) is 5.91 Å². The van der Waals surface area contributed by atoms with Crippen molar-refractivity contribution in [2.24, 2.45) is 0 Å². The Hall–Kier alpha value is -3.21. The molecule has 3 aromatic carbocycles. The molecule has 0 fully saturated rings. The number of hydrogen-bond donors (Lipinski definition) is 1. The number of rotatable bonds is 6. The zero-order chi connectivity index (χ0) is 18.4. The number of carbonyl (C=O) groups excluding carboxylic acids is 1. The van der Waals surface area contributed by atoms with Crippen molar-refractivity contribution >= 4 is 5.91 Å². The third-order valence-corrected chi connectivity index (χ3v) is 3.88. The lowest BCUT2D eigenvalue weighted by molar-refractivity contribution is -0.0498. The molecular weight excluding hydrogens is 336 g/mol. The fourth-order valence-corrected chi connectivity index (χ4v) is 2.65. The second kappa shape index (κ2) is 8.25. The van der Waals surface area contributed by atoms with Crippen LogP contribution in [0, 0.1) is 0 Å². The molecule has 1 atom stereocenters. The SMILES string of the molecule is O=C(NC(c1ccccc1)c1ccc(OC(F)F)cc1)c1ccccc1. The molecule has 0 aliphatic rings. The number of benzene rings is 3. The van der Waals surface area contributed by atoms with Crippen LogP contribution in [0.2, 0.25) is 0 Å². The summed E-state index contributed by atoms with van der Waals surface area (Å²) in [5.41, 5.74) is 2.20. The van der Waals surface area contributed by atoms with Crippen molar-refractivity contribution in [1.82, 2.24) is 5.32 Å². The van der Waals surface area contributed by atoms with Crippen molar-refractivity contribution in [3.63, 3.8) is 0 Å². The molecule has 26 heavy (non-hydrogen) atoms. The molecule has 0 saturated heterocycles. The summed E-state index contributed by atoms with van der Waals surface area (Å²) in [6.45, 7) is -2.87. The third-order valence-electron chi connectivity index (χ3n) is 3.88. The van der Waals surface area contributed by atoms with E-state index in [0.717, 1.165) is 11.1 Å². The first kappa shape index (κ1) is 17.6. The Morgan fingerprint density at radius 1 is 0.769 bits per heavy atom. The molecule has 3 aromatic rings. The minimum Gasteiger partial charge on any atom is -0.435 e. The quantitative estimate of drug-likeness (QED) is 0.691. The highest BCUT2D eigenvalue weighted by Crippen LogP contribution is 2.25. The lowest BCUT2D eigenvalue weighted by Crippen LogP contribution is -2.29. The highest BCUT2D eigenvalue weighted by Gasteiger charge is 2.18.